The molecule has 4 nitrogen and oxygen atoms in total. The van der Waals surface area contributed by atoms with Crippen molar-refractivity contribution >= 4 is 110 Å². The lowest BCUT2D eigenvalue weighted by molar-refractivity contribution is 1.26. The molecule has 4 heterocycles. The van der Waals surface area contributed by atoms with Gasteiger partial charge in [0.1, 0.15) is 0 Å². The van der Waals surface area contributed by atoms with E-state index in [0.29, 0.717) is 0 Å². The first kappa shape index (κ1) is 33.2. The van der Waals surface area contributed by atoms with E-state index in [1.54, 1.807) is 0 Å². The molecule has 0 bridgehead atoms. The minimum Gasteiger partial charge on any atom is -0.310 e. The number of rotatable bonds is 6. The summed E-state index contributed by atoms with van der Waals surface area (Å²) in [5.74, 6) is 0. The molecule has 13 rings (SSSR count). The van der Waals surface area contributed by atoms with Crippen molar-refractivity contribution in [2.45, 2.75) is 13.8 Å². The average Bonchev–Trinajstić information content (AvgIpc) is 4.02. The van der Waals surface area contributed by atoms with Gasteiger partial charge in [-0.15, -0.1) is 0 Å². The van der Waals surface area contributed by atoms with Gasteiger partial charge in [-0.25, -0.2) is 0 Å². The van der Waals surface area contributed by atoms with Gasteiger partial charge in [0.05, 0.1) is 44.5 Å². The van der Waals surface area contributed by atoms with Crippen LogP contribution in [0.3, 0.4) is 0 Å². The van der Waals surface area contributed by atoms with Crippen molar-refractivity contribution in [3.8, 4) is 0 Å². The third-order valence-corrected chi connectivity index (χ3v) is 12.9. The molecule has 0 fully saturated rings. The first-order valence-corrected chi connectivity index (χ1v) is 20.8. The van der Waals surface area contributed by atoms with Gasteiger partial charge in [-0.05, 0) is 98.3 Å². The van der Waals surface area contributed by atoms with E-state index >= 15 is 0 Å². The van der Waals surface area contributed by atoms with E-state index in [1.165, 1.54) is 104 Å². The number of para-hydroxylation sites is 5. The van der Waals surface area contributed by atoms with Crippen molar-refractivity contribution in [2.75, 3.05) is 9.80 Å². The summed E-state index contributed by atoms with van der Waals surface area (Å²) >= 11 is 0. The molecule has 0 amide bonds. The van der Waals surface area contributed by atoms with Gasteiger partial charge in [0.25, 0.3) is 0 Å². The normalized spacial score (nSPS) is 12.2. The summed E-state index contributed by atoms with van der Waals surface area (Å²) in [5, 5.41) is 10.1. The Kier molecular flexibility index (Phi) is 6.83. The van der Waals surface area contributed by atoms with Crippen LogP contribution in [0, 0.1) is 13.8 Å². The predicted octanol–water partition coefficient (Wildman–Crippen LogP) is 15.5. The van der Waals surface area contributed by atoms with Crippen LogP contribution in [0.5, 0.6) is 0 Å². The molecule has 60 heavy (non-hydrogen) atoms. The first-order chi connectivity index (χ1) is 29.6. The third kappa shape index (κ3) is 4.45. The van der Waals surface area contributed by atoms with Gasteiger partial charge in [-0.3, -0.25) is 0 Å². The van der Waals surface area contributed by atoms with Gasteiger partial charge >= 0.3 is 0 Å². The SMILES string of the molecule is Cc1ccc(N(c2ccccc2)c2ccc3c4cc5c(cc4n4c6ccccc6c2c34)c2ccc(N(c3ccccc3)c3ccccc3C)c3c4ccccc4n5c23)cc1. The monoisotopic (exact) mass is 766 g/mol. The number of fused-ring (bicyclic) bond motifs is 12. The summed E-state index contributed by atoms with van der Waals surface area (Å²) in [7, 11) is 0. The molecule has 4 heteroatoms. The Morgan fingerprint density at radius 3 is 1.32 bits per heavy atom. The zero-order valence-corrected chi connectivity index (χ0v) is 33.3. The molecule has 0 spiro atoms. The van der Waals surface area contributed by atoms with Crippen LogP contribution in [0.15, 0.2) is 194 Å². The zero-order chi connectivity index (χ0) is 39.6. The van der Waals surface area contributed by atoms with Crippen LogP contribution in [0.1, 0.15) is 11.1 Å². The molecule has 4 aromatic heterocycles. The fourth-order valence-electron chi connectivity index (χ4n) is 10.3. The average molecular weight is 767 g/mol. The lowest BCUT2D eigenvalue weighted by atomic mass is 10.0. The fraction of sp³-hybridized carbons (Fsp3) is 0.0357. The number of anilines is 6. The Labute approximate surface area is 346 Å². The largest absolute Gasteiger partial charge is 0.310 e. The Hall–Kier alpha value is -7.82. The van der Waals surface area contributed by atoms with Gasteiger partial charge < -0.3 is 18.6 Å². The van der Waals surface area contributed by atoms with Crippen molar-refractivity contribution in [3.63, 3.8) is 0 Å². The highest BCUT2D eigenvalue weighted by Crippen LogP contribution is 2.51. The fourth-order valence-corrected chi connectivity index (χ4v) is 10.3. The van der Waals surface area contributed by atoms with Crippen LogP contribution < -0.4 is 9.80 Å². The molecule has 0 saturated heterocycles. The molecular weight excluding hydrogens is 729 g/mol. The Morgan fingerprint density at radius 1 is 0.317 bits per heavy atom. The maximum absolute atomic E-state index is 2.53. The minimum atomic E-state index is 1.13. The van der Waals surface area contributed by atoms with E-state index in [4.69, 9.17) is 0 Å². The summed E-state index contributed by atoms with van der Waals surface area (Å²) in [6.07, 6.45) is 0. The number of nitrogens with zero attached hydrogens (tertiary/aromatic N) is 4. The van der Waals surface area contributed by atoms with Gasteiger partial charge in [0.2, 0.25) is 0 Å². The molecule has 0 saturated carbocycles. The second kappa shape index (κ2) is 12.3. The van der Waals surface area contributed by atoms with Gasteiger partial charge in [-0.2, -0.15) is 0 Å². The molecule has 13 aromatic rings. The standard InChI is InChI=1S/C56H38N4/c1-35-25-27-39(28-26-35)57(37-16-5-3-6-17-37)49-31-29-40-44-33-52-45(34-51(44)59-47-23-13-10-20-42(47)53(49)55(40)59)41-30-32-50(54-43-21-11-14-24-48(43)60(52)56(41)54)58(38-18-7-4-8-19-38)46-22-12-9-15-36(46)2/h3-34H,1-2H3. The van der Waals surface area contributed by atoms with Gasteiger partial charge in [-0.1, -0.05) is 121 Å². The van der Waals surface area contributed by atoms with E-state index in [1.807, 2.05) is 0 Å². The Morgan fingerprint density at radius 2 is 0.767 bits per heavy atom. The molecule has 0 unspecified atom stereocenters. The van der Waals surface area contributed by atoms with Crippen molar-refractivity contribution in [1.82, 2.24) is 8.80 Å². The zero-order valence-electron chi connectivity index (χ0n) is 33.3. The molecule has 9 aromatic carbocycles. The second-order valence-corrected chi connectivity index (χ2v) is 16.3. The predicted molar refractivity (Wildman–Crippen MR) is 255 cm³/mol. The highest BCUT2D eigenvalue weighted by molar-refractivity contribution is 6.32. The van der Waals surface area contributed by atoms with Crippen LogP contribution in [0.4, 0.5) is 34.1 Å². The van der Waals surface area contributed by atoms with Crippen molar-refractivity contribution in [1.29, 1.82) is 0 Å². The molecule has 0 aliphatic heterocycles. The summed E-state index contributed by atoms with van der Waals surface area (Å²) in [5.41, 5.74) is 16.8. The van der Waals surface area contributed by atoms with E-state index in [-0.39, 0.29) is 0 Å². The van der Waals surface area contributed by atoms with E-state index in [2.05, 4.69) is 227 Å². The van der Waals surface area contributed by atoms with Gasteiger partial charge in [0, 0.05) is 65.8 Å². The Bertz CT molecular complexity index is 3780. The number of benzene rings is 9. The van der Waals surface area contributed by atoms with Crippen molar-refractivity contribution < 1.29 is 0 Å². The minimum absolute atomic E-state index is 1.13. The Balaban J connectivity index is 1.13. The van der Waals surface area contributed by atoms with Crippen LogP contribution in [0.25, 0.3) is 76.2 Å². The van der Waals surface area contributed by atoms with E-state index < -0.39 is 0 Å². The van der Waals surface area contributed by atoms with Gasteiger partial charge in [0.15, 0.2) is 0 Å². The maximum Gasteiger partial charge on any atom is 0.0641 e. The van der Waals surface area contributed by atoms with Crippen LogP contribution in [-0.4, -0.2) is 8.80 Å². The highest BCUT2D eigenvalue weighted by Gasteiger charge is 2.28. The maximum atomic E-state index is 2.53. The van der Waals surface area contributed by atoms with Crippen molar-refractivity contribution in [3.05, 3.63) is 205 Å². The second-order valence-electron chi connectivity index (χ2n) is 16.3. The van der Waals surface area contributed by atoms with Crippen LogP contribution in [-0.2, 0) is 0 Å². The highest BCUT2D eigenvalue weighted by atomic mass is 15.2. The number of aryl methyl sites for hydroxylation is 2. The summed E-state index contributed by atoms with van der Waals surface area (Å²) < 4.78 is 5.07. The molecule has 0 aliphatic carbocycles. The molecule has 0 radical (unpaired) electrons. The molecule has 0 atom stereocenters. The number of hydrogen-bond donors (Lipinski definition) is 0. The van der Waals surface area contributed by atoms with E-state index in [9.17, 15) is 0 Å². The summed E-state index contributed by atoms with van der Waals surface area (Å²) in [6.45, 7) is 4.36. The lowest BCUT2D eigenvalue weighted by Gasteiger charge is -2.28. The quantitative estimate of drug-likeness (QED) is 0.167. The molecule has 0 aliphatic rings. The molecular formula is C56H38N4. The first-order valence-electron chi connectivity index (χ1n) is 20.8. The molecule has 282 valence electrons. The number of aromatic nitrogens is 2. The van der Waals surface area contributed by atoms with E-state index in [0.717, 1.165) is 17.1 Å². The third-order valence-electron chi connectivity index (χ3n) is 12.9. The number of hydrogen-bond acceptors (Lipinski definition) is 2. The summed E-state index contributed by atoms with van der Waals surface area (Å²) in [6, 6.07) is 71.4. The smallest absolute Gasteiger partial charge is 0.0641 e. The topological polar surface area (TPSA) is 15.3 Å². The molecule has 0 N–H and O–H groups in total. The van der Waals surface area contributed by atoms with Crippen LogP contribution in [0.2, 0.25) is 0 Å². The van der Waals surface area contributed by atoms with Crippen molar-refractivity contribution in [2.24, 2.45) is 0 Å². The van der Waals surface area contributed by atoms with Crippen LogP contribution >= 0.6 is 0 Å². The lowest BCUT2D eigenvalue weighted by Crippen LogP contribution is -2.11. The summed E-state index contributed by atoms with van der Waals surface area (Å²) in [4.78, 5) is 4.87.